The van der Waals surface area contributed by atoms with E-state index in [1.807, 2.05) is 23.1 Å². The lowest BCUT2D eigenvalue weighted by molar-refractivity contribution is -0.0000288. The SMILES string of the molecule is CC(C)N1CCC(N2CCN(Cc3cccc(-n4cccn4)c3)CC2CCO)CC1. The van der Waals surface area contributed by atoms with E-state index in [0.29, 0.717) is 18.1 Å². The Kier molecular flexibility index (Phi) is 7.20. The minimum atomic E-state index is 0.272. The number of aliphatic hydroxyl groups is 1. The van der Waals surface area contributed by atoms with Gasteiger partial charge in [-0.25, -0.2) is 4.68 Å². The molecule has 2 aliphatic heterocycles. The van der Waals surface area contributed by atoms with Gasteiger partial charge in [0.25, 0.3) is 0 Å². The van der Waals surface area contributed by atoms with Crippen molar-refractivity contribution < 1.29 is 5.11 Å². The molecule has 2 aliphatic rings. The van der Waals surface area contributed by atoms with Crippen LogP contribution in [0.5, 0.6) is 0 Å². The van der Waals surface area contributed by atoms with E-state index in [1.165, 1.54) is 31.5 Å². The quantitative estimate of drug-likeness (QED) is 0.759. The average Bonchev–Trinajstić information content (AvgIpc) is 3.30. The van der Waals surface area contributed by atoms with Crippen LogP contribution in [0.2, 0.25) is 0 Å². The van der Waals surface area contributed by atoms with Gasteiger partial charge in [0, 0.05) is 63.3 Å². The van der Waals surface area contributed by atoms with Crippen LogP contribution in [0.4, 0.5) is 0 Å². The molecule has 0 spiro atoms. The second kappa shape index (κ2) is 10.1. The molecule has 0 amide bonds. The van der Waals surface area contributed by atoms with Crippen molar-refractivity contribution >= 4 is 0 Å². The first-order chi connectivity index (χ1) is 14.6. The van der Waals surface area contributed by atoms with E-state index in [0.717, 1.165) is 38.3 Å². The summed E-state index contributed by atoms with van der Waals surface area (Å²) >= 11 is 0. The summed E-state index contributed by atoms with van der Waals surface area (Å²) in [7, 11) is 0. The van der Waals surface area contributed by atoms with Crippen molar-refractivity contribution in [3.05, 3.63) is 48.3 Å². The van der Waals surface area contributed by atoms with Crippen molar-refractivity contribution in [1.29, 1.82) is 0 Å². The lowest BCUT2D eigenvalue weighted by Crippen LogP contribution is -2.58. The standard InChI is InChI=1S/C24H37N5O/c1-20(2)27-12-7-22(8-13-27)28-15-14-26(19-24(28)9-16-30)18-21-5-3-6-23(17-21)29-11-4-10-25-29/h3-6,10-11,17,20,22,24,30H,7-9,12-16,18-19H2,1-2H3. The molecule has 1 unspecified atom stereocenters. The first-order valence-corrected chi connectivity index (χ1v) is 11.6. The summed E-state index contributed by atoms with van der Waals surface area (Å²) in [5.74, 6) is 0. The fourth-order valence-electron chi connectivity index (χ4n) is 5.18. The topological polar surface area (TPSA) is 47.8 Å². The van der Waals surface area contributed by atoms with Crippen LogP contribution in [0, 0.1) is 0 Å². The number of benzene rings is 1. The molecule has 3 heterocycles. The van der Waals surface area contributed by atoms with Crippen LogP contribution in [0.3, 0.4) is 0 Å². The van der Waals surface area contributed by atoms with E-state index >= 15 is 0 Å². The van der Waals surface area contributed by atoms with Crippen molar-refractivity contribution in [2.24, 2.45) is 0 Å². The highest BCUT2D eigenvalue weighted by atomic mass is 16.3. The third-order valence-corrected chi connectivity index (χ3v) is 6.86. The van der Waals surface area contributed by atoms with Crippen LogP contribution >= 0.6 is 0 Å². The van der Waals surface area contributed by atoms with E-state index in [9.17, 15) is 5.11 Å². The summed E-state index contributed by atoms with van der Waals surface area (Å²) in [5, 5.41) is 14.1. The number of likely N-dealkylation sites (tertiary alicyclic amines) is 1. The Hall–Kier alpha value is -1.73. The van der Waals surface area contributed by atoms with Gasteiger partial charge in [-0.2, -0.15) is 5.10 Å². The molecule has 6 heteroatoms. The lowest BCUT2D eigenvalue weighted by atomic mass is 9.97. The van der Waals surface area contributed by atoms with Crippen molar-refractivity contribution in [2.75, 3.05) is 39.3 Å². The average molecular weight is 412 g/mol. The molecule has 2 fully saturated rings. The Morgan fingerprint density at radius 3 is 2.63 bits per heavy atom. The summed E-state index contributed by atoms with van der Waals surface area (Å²) in [4.78, 5) is 7.87. The van der Waals surface area contributed by atoms with Crippen molar-refractivity contribution in [3.63, 3.8) is 0 Å². The number of rotatable bonds is 7. The molecule has 0 bridgehead atoms. The van der Waals surface area contributed by atoms with Gasteiger partial charge in [0.2, 0.25) is 0 Å². The number of nitrogens with zero attached hydrogens (tertiary/aromatic N) is 5. The molecule has 4 rings (SSSR count). The Morgan fingerprint density at radius 2 is 1.93 bits per heavy atom. The van der Waals surface area contributed by atoms with Crippen molar-refractivity contribution in [2.45, 2.75) is 57.8 Å². The maximum Gasteiger partial charge on any atom is 0.0648 e. The first-order valence-electron chi connectivity index (χ1n) is 11.6. The summed E-state index contributed by atoms with van der Waals surface area (Å²) < 4.78 is 1.92. The third-order valence-electron chi connectivity index (χ3n) is 6.86. The van der Waals surface area contributed by atoms with Gasteiger partial charge < -0.3 is 10.0 Å². The van der Waals surface area contributed by atoms with Crippen LogP contribution in [0.1, 0.15) is 38.7 Å². The molecule has 1 aromatic heterocycles. The fraction of sp³-hybridized carbons (Fsp3) is 0.625. The minimum Gasteiger partial charge on any atom is -0.396 e. The van der Waals surface area contributed by atoms with Crippen molar-refractivity contribution in [1.82, 2.24) is 24.5 Å². The number of aromatic nitrogens is 2. The van der Waals surface area contributed by atoms with Crippen LogP contribution < -0.4 is 0 Å². The third kappa shape index (κ3) is 5.11. The van der Waals surface area contributed by atoms with Gasteiger partial charge in [0.1, 0.15) is 0 Å². The highest BCUT2D eigenvalue weighted by molar-refractivity contribution is 5.35. The molecule has 2 aromatic rings. The Labute approximate surface area is 181 Å². The number of piperazine rings is 1. The van der Waals surface area contributed by atoms with Crippen LogP contribution in [-0.2, 0) is 6.54 Å². The van der Waals surface area contributed by atoms with Crippen LogP contribution in [0.15, 0.2) is 42.7 Å². The molecule has 0 aliphatic carbocycles. The molecule has 0 radical (unpaired) electrons. The zero-order valence-electron chi connectivity index (χ0n) is 18.5. The summed E-state index contributed by atoms with van der Waals surface area (Å²) in [6.07, 6.45) is 7.18. The molecule has 1 aromatic carbocycles. The van der Waals surface area contributed by atoms with Gasteiger partial charge >= 0.3 is 0 Å². The zero-order chi connectivity index (χ0) is 20.9. The molecule has 1 atom stereocenters. The Bertz CT molecular complexity index is 770. The highest BCUT2D eigenvalue weighted by Crippen LogP contribution is 2.25. The largest absolute Gasteiger partial charge is 0.396 e. The second-order valence-electron chi connectivity index (χ2n) is 9.12. The fourth-order valence-corrected chi connectivity index (χ4v) is 5.18. The van der Waals surface area contributed by atoms with Crippen LogP contribution in [0.25, 0.3) is 5.69 Å². The van der Waals surface area contributed by atoms with Crippen LogP contribution in [-0.4, -0.2) is 87.0 Å². The normalized spacial score (nSPS) is 22.7. The molecule has 164 valence electrons. The lowest BCUT2D eigenvalue weighted by Gasteiger charge is -2.48. The predicted octanol–water partition coefficient (Wildman–Crippen LogP) is 2.61. The number of piperidine rings is 1. The number of aliphatic hydroxyl groups excluding tert-OH is 1. The van der Waals surface area contributed by atoms with E-state index in [1.54, 1.807) is 0 Å². The van der Waals surface area contributed by atoms with E-state index in [-0.39, 0.29) is 6.61 Å². The molecule has 6 nitrogen and oxygen atoms in total. The van der Waals surface area contributed by atoms with Gasteiger partial charge in [-0.15, -0.1) is 0 Å². The van der Waals surface area contributed by atoms with Gasteiger partial charge in [0.15, 0.2) is 0 Å². The summed E-state index contributed by atoms with van der Waals surface area (Å²) in [6.45, 7) is 11.5. The van der Waals surface area contributed by atoms with Crippen molar-refractivity contribution in [3.8, 4) is 5.69 Å². The van der Waals surface area contributed by atoms with Gasteiger partial charge in [-0.3, -0.25) is 9.80 Å². The molecule has 1 N–H and O–H groups in total. The molecule has 0 saturated carbocycles. The number of hydrogen-bond donors (Lipinski definition) is 1. The van der Waals surface area contributed by atoms with E-state index < -0.39 is 0 Å². The maximum atomic E-state index is 9.70. The monoisotopic (exact) mass is 411 g/mol. The maximum absolute atomic E-state index is 9.70. The predicted molar refractivity (Wildman–Crippen MR) is 121 cm³/mol. The molecule has 2 saturated heterocycles. The Balaban J connectivity index is 1.37. The van der Waals surface area contributed by atoms with E-state index in [4.69, 9.17) is 0 Å². The van der Waals surface area contributed by atoms with Gasteiger partial charge in [0.05, 0.1) is 5.69 Å². The summed E-state index contributed by atoms with van der Waals surface area (Å²) in [6, 6.07) is 12.4. The molecular formula is C24H37N5O. The Morgan fingerprint density at radius 1 is 1.10 bits per heavy atom. The number of hydrogen-bond acceptors (Lipinski definition) is 5. The summed E-state index contributed by atoms with van der Waals surface area (Å²) in [5.41, 5.74) is 2.43. The molecular weight excluding hydrogens is 374 g/mol. The van der Waals surface area contributed by atoms with Gasteiger partial charge in [-0.05, 0) is 70.0 Å². The minimum absolute atomic E-state index is 0.272. The van der Waals surface area contributed by atoms with Gasteiger partial charge in [-0.1, -0.05) is 12.1 Å². The highest BCUT2D eigenvalue weighted by Gasteiger charge is 2.33. The molecule has 30 heavy (non-hydrogen) atoms. The first kappa shape index (κ1) is 21.5. The smallest absolute Gasteiger partial charge is 0.0648 e. The zero-order valence-corrected chi connectivity index (χ0v) is 18.5. The van der Waals surface area contributed by atoms with E-state index in [2.05, 4.69) is 57.9 Å². The second-order valence-corrected chi connectivity index (χ2v) is 9.12.